The molecule has 0 saturated carbocycles. The van der Waals surface area contributed by atoms with E-state index in [4.69, 9.17) is 5.73 Å². The number of likely N-dealkylation sites (N-methyl/N-ethyl adjacent to an activating group) is 1. The highest BCUT2D eigenvalue weighted by molar-refractivity contribution is 7.90. The summed E-state index contributed by atoms with van der Waals surface area (Å²) in [5.74, 6) is 0.0961. The summed E-state index contributed by atoms with van der Waals surface area (Å²) in [5, 5.41) is 9.25. The SMILES string of the molecule is CCCC(N)C(CO)N(C)CCS(C)(=O)=O. The van der Waals surface area contributed by atoms with Crippen molar-refractivity contribution in [3.63, 3.8) is 0 Å². The number of rotatable bonds is 8. The van der Waals surface area contributed by atoms with Crippen molar-refractivity contribution in [2.45, 2.75) is 31.8 Å². The molecule has 0 aromatic carbocycles. The Labute approximate surface area is 98.5 Å². The third kappa shape index (κ3) is 6.42. The van der Waals surface area contributed by atoms with Gasteiger partial charge in [0.15, 0.2) is 0 Å². The standard InChI is InChI=1S/C10H24N2O3S/c1-4-5-9(11)10(8-13)12(2)6-7-16(3,14)15/h9-10,13H,4-8,11H2,1-3H3. The van der Waals surface area contributed by atoms with Gasteiger partial charge in [0.2, 0.25) is 0 Å². The summed E-state index contributed by atoms with van der Waals surface area (Å²) in [5.41, 5.74) is 5.93. The van der Waals surface area contributed by atoms with Gasteiger partial charge in [-0.2, -0.15) is 0 Å². The summed E-state index contributed by atoms with van der Waals surface area (Å²) in [6.07, 6.45) is 2.99. The van der Waals surface area contributed by atoms with Crippen LogP contribution in [-0.2, 0) is 9.84 Å². The van der Waals surface area contributed by atoms with Gasteiger partial charge in [-0.3, -0.25) is 4.90 Å². The lowest BCUT2D eigenvalue weighted by molar-refractivity contribution is 0.128. The predicted octanol–water partition coefficient (Wildman–Crippen LogP) is -0.549. The first-order valence-corrected chi connectivity index (χ1v) is 7.62. The van der Waals surface area contributed by atoms with Crippen LogP contribution in [-0.4, -0.2) is 62.7 Å². The Hall–Kier alpha value is -0.170. The monoisotopic (exact) mass is 252 g/mol. The van der Waals surface area contributed by atoms with Crippen molar-refractivity contribution in [2.75, 3.05) is 32.2 Å². The Kier molecular flexibility index (Phi) is 7.14. The van der Waals surface area contributed by atoms with Crippen molar-refractivity contribution in [2.24, 2.45) is 5.73 Å². The molecule has 0 saturated heterocycles. The smallest absolute Gasteiger partial charge is 0.148 e. The van der Waals surface area contributed by atoms with Crippen LogP contribution in [0.4, 0.5) is 0 Å². The number of nitrogens with zero attached hydrogens (tertiary/aromatic N) is 1. The Balaban J connectivity index is 4.25. The minimum atomic E-state index is -2.96. The number of aliphatic hydroxyl groups excluding tert-OH is 1. The van der Waals surface area contributed by atoms with Gasteiger partial charge in [0, 0.05) is 24.9 Å². The highest BCUT2D eigenvalue weighted by Crippen LogP contribution is 2.06. The first kappa shape index (κ1) is 15.8. The van der Waals surface area contributed by atoms with E-state index in [9.17, 15) is 13.5 Å². The zero-order chi connectivity index (χ0) is 12.8. The maximum Gasteiger partial charge on any atom is 0.148 e. The molecule has 2 unspecified atom stereocenters. The highest BCUT2D eigenvalue weighted by atomic mass is 32.2. The fourth-order valence-electron chi connectivity index (χ4n) is 1.60. The molecular weight excluding hydrogens is 228 g/mol. The maximum atomic E-state index is 11.0. The Morgan fingerprint density at radius 3 is 2.38 bits per heavy atom. The van der Waals surface area contributed by atoms with Gasteiger partial charge in [0.25, 0.3) is 0 Å². The molecular formula is C10H24N2O3S. The van der Waals surface area contributed by atoms with Crippen LogP contribution in [0, 0.1) is 0 Å². The number of sulfone groups is 1. The molecule has 5 nitrogen and oxygen atoms in total. The van der Waals surface area contributed by atoms with E-state index in [0.717, 1.165) is 12.8 Å². The molecule has 0 aliphatic carbocycles. The van der Waals surface area contributed by atoms with Gasteiger partial charge < -0.3 is 10.8 Å². The van der Waals surface area contributed by atoms with Crippen molar-refractivity contribution in [1.82, 2.24) is 4.90 Å². The second kappa shape index (κ2) is 7.21. The van der Waals surface area contributed by atoms with Crippen LogP contribution in [0.1, 0.15) is 19.8 Å². The Bertz CT molecular complexity index is 280. The third-order valence-corrected chi connectivity index (χ3v) is 3.61. The van der Waals surface area contributed by atoms with E-state index in [1.165, 1.54) is 6.26 Å². The quantitative estimate of drug-likeness (QED) is 0.605. The largest absolute Gasteiger partial charge is 0.395 e. The van der Waals surface area contributed by atoms with E-state index in [0.29, 0.717) is 6.54 Å². The van der Waals surface area contributed by atoms with Gasteiger partial charge in [-0.05, 0) is 13.5 Å². The number of aliphatic hydroxyl groups is 1. The summed E-state index contributed by atoms with van der Waals surface area (Å²) in [6.45, 7) is 2.40. The Morgan fingerprint density at radius 1 is 1.44 bits per heavy atom. The van der Waals surface area contributed by atoms with Crippen molar-refractivity contribution >= 4 is 9.84 Å². The molecule has 98 valence electrons. The molecule has 0 aliphatic rings. The molecule has 0 bridgehead atoms. The minimum Gasteiger partial charge on any atom is -0.395 e. The molecule has 0 amide bonds. The average molecular weight is 252 g/mol. The zero-order valence-electron chi connectivity index (χ0n) is 10.4. The van der Waals surface area contributed by atoms with Gasteiger partial charge in [0.1, 0.15) is 9.84 Å². The summed E-state index contributed by atoms with van der Waals surface area (Å²) in [7, 11) is -1.17. The fourth-order valence-corrected chi connectivity index (χ4v) is 2.22. The molecule has 0 fully saturated rings. The molecule has 3 N–H and O–H groups in total. The molecule has 0 heterocycles. The number of hydrogen-bond donors (Lipinski definition) is 2. The molecule has 2 atom stereocenters. The minimum absolute atomic E-state index is 0.0402. The second-order valence-corrected chi connectivity index (χ2v) is 6.57. The summed E-state index contributed by atoms with van der Waals surface area (Å²) in [4.78, 5) is 1.82. The van der Waals surface area contributed by atoms with Crippen LogP contribution in [0.5, 0.6) is 0 Å². The van der Waals surface area contributed by atoms with Crippen LogP contribution in [0.15, 0.2) is 0 Å². The molecule has 6 heteroatoms. The van der Waals surface area contributed by atoms with Crippen molar-refractivity contribution in [1.29, 1.82) is 0 Å². The lowest BCUT2D eigenvalue weighted by Gasteiger charge is -2.30. The number of nitrogens with two attached hydrogens (primary N) is 1. The molecule has 16 heavy (non-hydrogen) atoms. The normalized spacial score (nSPS) is 16.4. The summed E-state index contributed by atoms with van der Waals surface area (Å²) in [6, 6.07) is -0.277. The van der Waals surface area contributed by atoms with E-state index in [1.54, 1.807) is 7.05 Å². The molecule has 0 aromatic heterocycles. The van der Waals surface area contributed by atoms with Gasteiger partial charge in [0.05, 0.1) is 12.4 Å². The van der Waals surface area contributed by atoms with Crippen molar-refractivity contribution in [3.8, 4) is 0 Å². The van der Waals surface area contributed by atoms with Crippen LogP contribution >= 0.6 is 0 Å². The van der Waals surface area contributed by atoms with Crippen LogP contribution in [0.25, 0.3) is 0 Å². The average Bonchev–Trinajstić information content (AvgIpc) is 2.15. The van der Waals surface area contributed by atoms with Gasteiger partial charge >= 0.3 is 0 Å². The molecule has 0 aliphatic heterocycles. The predicted molar refractivity (Wildman–Crippen MR) is 66.1 cm³/mol. The topological polar surface area (TPSA) is 83.6 Å². The second-order valence-electron chi connectivity index (χ2n) is 4.31. The van der Waals surface area contributed by atoms with E-state index in [1.807, 2.05) is 11.8 Å². The third-order valence-electron chi connectivity index (χ3n) is 2.68. The summed E-state index contributed by atoms with van der Waals surface area (Å²) < 4.78 is 22.0. The lowest BCUT2D eigenvalue weighted by Crippen LogP contribution is -2.49. The maximum absolute atomic E-state index is 11.0. The first-order chi connectivity index (χ1) is 7.31. The van der Waals surface area contributed by atoms with E-state index in [2.05, 4.69) is 0 Å². The van der Waals surface area contributed by atoms with Crippen molar-refractivity contribution in [3.05, 3.63) is 0 Å². The highest BCUT2D eigenvalue weighted by Gasteiger charge is 2.21. The van der Waals surface area contributed by atoms with Crippen molar-refractivity contribution < 1.29 is 13.5 Å². The summed E-state index contributed by atoms with van der Waals surface area (Å²) >= 11 is 0. The van der Waals surface area contributed by atoms with Gasteiger partial charge in [-0.15, -0.1) is 0 Å². The molecule has 0 aromatic rings. The van der Waals surface area contributed by atoms with Crippen LogP contribution in [0.2, 0.25) is 0 Å². The molecule has 0 spiro atoms. The van der Waals surface area contributed by atoms with Crippen LogP contribution in [0.3, 0.4) is 0 Å². The van der Waals surface area contributed by atoms with E-state index >= 15 is 0 Å². The first-order valence-electron chi connectivity index (χ1n) is 5.56. The van der Waals surface area contributed by atoms with E-state index < -0.39 is 9.84 Å². The van der Waals surface area contributed by atoms with Crippen LogP contribution < -0.4 is 5.73 Å². The molecule has 0 radical (unpaired) electrons. The molecule has 0 rings (SSSR count). The number of hydrogen-bond acceptors (Lipinski definition) is 5. The Morgan fingerprint density at radius 2 is 2.00 bits per heavy atom. The lowest BCUT2D eigenvalue weighted by atomic mass is 10.0. The zero-order valence-corrected chi connectivity index (χ0v) is 11.2. The van der Waals surface area contributed by atoms with E-state index in [-0.39, 0.29) is 24.4 Å². The van der Waals surface area contributed by atoms with Gasteiger partial charge in [-0.1, -0.05) is 13.3 Å². The fraction of sp³-hybridized carbons (Fsp3) is 1.00. The van der Waals surface area contributed by atoms with Gasteiger partial charge in [-0.25, -0.2) is 8.42 Å².